The number of nitrogens with one attached hydrogen (secondary N) is 1. The summed E-state index contributed by atoms with van der Waals surface area (Å²) < 4.78 is 0. The number of thiazole rings is 1. The quantitative estimate of drug-likeness (QED) is 0.601. The van der Waals surface area contributed by atoms with Crippen molar-refractivity contribution in [3.8, 4) is 6.07 Å². The van der Waals surface area contributed by atoms with Gasteiger partial charge in [-0.1, -0.05) is 37.9 Å². The van der Waals surface area contributed by atoms with E-state index in [9.17, 15) is 0 Å². The van der Waals surface area contributed by atoms with Gasteiger partial charge in [-0.15, -0.1) is 11.3 Å². The molecule has 0 aliphatic carbocycles. The molecule has 0 radical (unpaired) electrons. The molecule has 2 atom stereocenters. The van der Waals surface area contributed by atoms with Gasteiger partial charge >= 0.3 is 0 Å². The number of hydrogen-bond donors (Lipinski definition) is 1. The minimum atomic E-state index is 0.549. The Morgan fingerprint density at radius 3 is 2.69 bits per heavy atom. The van der Waals surface area contributed by atoms with Gasteiger partial charge in [0.1, 0.15) is 6.07 Å². The summed E-state index contributed by atoms with van der Waals surface area (Å²) in [5, 5.41) is 14.3. The van der Waals surface area contributed by atoms with Crippen molar-refractivity contribution in [3.63, 3.8) is 0 Å². The summed E-state index contributed by atoms with van der Waals surface area (Å²) in [6, 6.07) is 7.88. The molecule has 0 saturated heterocycles. The molecule has 140 valence electrons. The van der Waals surface area contributed by atoms with E-state index in [0.717, 1.165) is 36.6 Å². The fourth-order valence-corrected chi connectivity index (χ4v) is 4.44. The molecule has 1 aromatic carbocycles. The van der Waals surface area contributed by atoms with Crippen molar-refractivity contribution in [1.82, 2.24) is 10.3 Å². The van der Waals surface area contributed by atoms with Gasteiger partial charge in [0.2, 0.25) is 0 Å². The van der Waals surface area contributed by atoms with Crippen LogP contribution in [0.1, 0.15) is 53.4 Å². The minimum absolute atomic E-state index is 0.549. The SMILES string of the molecule is CCC(CNCc1sc(C)nc1C)C(C)CCc1ccc(C#N)c(Cl)c1. The van der Waals surface area contributed by atoms with Crippen LogP contribution in [0.5, 0.6) is 0 Å². The van der Waals surface area contributed by atoms with Gasteiger partial charge in [-0.25, -0.2) is 4.98 Å². The average molecular weight is 390 g/mol. The zero-order chi connectivity index (χ0) is 19.1. The molecular formula is C21H28ClN3S. The van der Waals surface area contributed by atoms with Gasteiger partial charge in [-0.05, 0) is 62.8 Å². The van der Waals surface area contributed by atoms with Crippen LogP contribution in [0.2, 0.25) is 5.02 Å². The topological polar surface area (TPSA) is 48.7 Å². The molecule has 2 rings (SSSR count). The lowest BCUT2D eigenvalue weighted by molar-refractivity contribution is 0.313. The van der Waals surface area contributed by atoms with Crippen LogP contribution >= 0.6 is 22.9 Å². The largest absolute Gasteiger partial charge is 0.312 e. The molecule has 2 unspecified atom stereocenters. The molecule has 0 bridgehead atoms. The van der Waals surface area contributed by atoms with Crippen LogP contribution in [0.25, 0.3) is 0 Å². The van der Waals surface area contributed by atoms with E-state index in [2.05, 4.69) is 44.1 Å². The van der Waals surface area contributed by atoms with Gasteiger partial charge < -0.3 is 5.32 Å². The first kappa shape index (κ1) is 20.9. The molecule has 0 fully saturated rings. The fourth-order valence-electron chi connectivity index (χ4n) is 3.29. The molecule has 1 N–H and O–H groups in total. The number of benzene rings is 1. The molecule has 2 aromatic rings. The minimum Gasteiger partial charge on any atom is -0.312 e. The Balaban J connectivity index is 1.82. The van der Waals surface area contributed by atoms with Crippen LogP contribution in [-0.2, 0) is 13.0 Å². The third-order valence-corrected chi connectivity index (χ3v) is 6.45. The molecular weight excluding hydrogens is 362 g/mol. The summed E-state index contributed by atoms with van der Waals surface area (Å²) in [4.78, 5) is 5.84. The standard InChI is InChI=1S/C21H28ClN3S/c1-5-18(12-24-13-21-15(3)25-16(4)26-21)14(2)6-7-17-8-9-19(11-23)20(22)10-17/h8-10,14,18,24H,5-7,12-13H2,1-4H3. The third kappa shape index (κ3) is 5.81. The Labute approximate surface area is 166 Å². The molecule has 0 aliphatic heterocycles. The number of hydrogen-bond acceptors (Lipinski definition) is 4. The monoisotopic (exact) mass is 389 g/mol. The van der Waals surface area contributed by atoms with Gasteiger partial charge in [0.05, 0.1) is 21.3 Å². The predicted molar refractivity (Wildman–Crippen MR) is 111 cm³/mol. The Hall–Kier alpha value is -1.41. The Bertz CT molecular complexity index is 763. The van der Waals surface area contributed by atoms with E-state index in [1.807, 2.05) is 18.2 Å². The van der Waals surface area contributed by atoms with Crippen LogP contribution in [0, 0.1) is 37.0 Å². The molecule has 0 amide bonds. The van der Waals surface area contributed by atoms with Crippen LogP contribution in [0.15, 0.2) is 18.2 Å². The first-order chi connectivity index (χ1) is 12.4. The van der Waals surface area contributed by atoms with Gasteiger partial charge in [0, 0.05) is 11.4 Å². The van der Waals surface area contributed by atoms with E-state index in [1.165, 1.54) is 16.9 Å². The molecule has 1 aromatic heterocycles. The lowest BCUT2D eigenvalue weighted by Gasteiger charge is -2.23. The highest BCUT2D eigenvalue weighted by Gasteiger charge is 2.16. The highest BCUT2D eigenvalue weighted by molar-refractivity contribution is 7.11. The number of nitrogens with zero attached hydrogens (tertiary/aromatic N) is 2. The summed E-state index contributed by atoms with van der Waals surface area (Å²) in [7, 11) is 0. The number of nitriles is 1. The van der Waals surface area contributed by atoms with E-state index in [0.29, 0.717) is 22.4 Å². The molecule has 0 aliphatic rings. The lowest BCUT2D eigenvalue weighted by atomic mass is 9.86. The van der Waals surface area contributed by atoms with E-state index in [1.54, 1.807) is 11.3 Å². The van der Waals surface area contributed by atoms with Crippen molar-refractivity contribution >= 4 is 22.9 Å². The summed E-state index contributed by atoms with van der Waals surface area (Å²) in [6.07, 6.45) is 3.29. The highest BCUT2D eigenvalue weighted by Crippen LogP contribution is 2.24. The molecule has 3 nitrogen and oxygen atoms in total. The fraction of sp³-hybridized carbons (Fsp3) is 0.524. The maximum Gasteiger partial charge on any atom is 0.101 e. The second-order valence-corrected chi connectivity index (χ2v) is 8.68. The van der Waals surface area contributed by atoms with Gasteiger partial charge in [-0.2, -0.15) is 5.26 Å². The van der Waals surface area contributed by atoms with E-state index in [-0.39, 0.29) is 0 Å². The summed E-state index contributed by atoms with van der Waals surface area (Å²) in [6.45, 7) is 10.7. The predicted octanol–water partition coefficient (Wildman–Crippen LogP) is 5.67. The van der Waals surface area contributed by atoms with Gasteiger partial charge in [0.25, 0.3) is 0 Å². The van der Waals surface area contributed by atoms with Crippen LogP contribution in [0.4, 0.5) is 0 Å². The van der Waals surface area contributed by atoms with E-state index < -0.39 is 0 Å². The molecule has 0 saturated carbocycles. The van der Waals surface area contributed by atoms with Gasteiger partial charge in [0.15, 0.2) is 0 Å². The maximum absolute atomic E-state index is 8.97. The normalized spacial score (nSPS) is 13.4. The van der Waals surface area contributed by atoms with Crippen molar-refractivity contribution in [3.05, 3.63) is 49.9 Å². The molecule has 0 spiro atoms. The Morgan fingerprint density at radius 1 is 1.35 bits per heavy atom. The second-order valence-electron chi connectivity index (χ2n) is 6.98. The summed E-state index contributed by atoms with van der Waals surface area (Å²) >= 11 is 7.92. The van der Waals surface area contributed by atoms with E-state index in [4.69, 9.17) is 16.9 Å². The molecule has 26 heavy (non-hydrogen) atoms. The van der Waals surface area contributed by atoms with Crippen molar-refractivity contribution < 1.29 is 0 Å². The smallest absolute Gasteiger partial charge is 0.101 e. The molecule has 1 heterocycles. The first-order valence-corrected chi connectivity index (χ1v) is 10.5. The zero-order valence-electron chi connectivity index (χ0n) is 16.1. The van der Waals surface area contributed by atoms with Crippen molar-refractivity contribution in [1.29, 1.82) is 5.26 Å². The van der Waals surface area contributed by atoms with Crippen molar-refractivity contribution in [2.24, 2.45) is 11.8 Å². The van der Waals surface area contributed by atoms with Crippen LogP contribution in [0.3, 0.4) is 0 Å². The van der Waals surface area contributed by atoms with E-state index >= 15 is 0 Å². The number of rotatable bonds is 9. The maximum atomic E-state index is 8.97. The second kappa shape index (κ2) is 10.1. The van der Waals surface area contributed by atoms with Crippen molar-refractivity contribution in [2.75, 3.05) is 6.54 Å². The highest BCUT2D eigenvalue weighted by atomic mass is 35.5. The summed E-state index contributed by atoms with van der Waals surface area (Å²) in [5.41, 5.74) is 2.91. The molecule has 5 heteroatoms. The summed E-state index contributed by atoms with van der Waals surface area (Å²) in [5.74, 6) is 1.28. The van der Waals surface area contributed by atoms with Gasteiger partial charge in [-0.3, -0.25) is 0 Å². The zero-order valence-corrected chi connectivity index (χ0v) is 17.7. The van der Waals surface area contributed by atoms with Crippen LogP contribution < -0.4 is 5.32 Å². The average Bonchev–Trinajstić information content (AvgIpc) is 2.94. The number of halogens is 1. The van der Waals surface area contributed by atoms with Crippen LogP contribution in [-0.4, -0.2) is 11.5 Å². The number of aromatic nitrogens is 1. The Kier molecular flexibility index (Phi) is 8.09. The first-order valence-electron chi connectivity index (χ1n) is 9.26. The lowest BCUT2D eigenvalue weighted by Crippen LogP contribution is -2.26. The van der Waals surface area contributed by atoms with Crippen molar-refractivity contribution in [2.45, 2.75) is 53.5 Å². The number of aryl methyl sites for hydroxylation is 3. The Morgan fingerprint density at radius 2 is 2.12 bits per heavy atom. The third-order valence-electron chi connectivity index (χ3n) is 5.06.